The van der Waals surface area contributed by atoms with Crippen LogP contribution < -0.4 is 5.32 Å². The van der Waals surface area contributed by atoms with E-state index in [1.165, 1.54) is 0 Å². The normalized spacial score (nSPS) is 8.50. The van der Waals surface area contributed by atoms with Gasteiger partial charge in [0, 0.05) is 0 Å². The van der Waals surface area contributed by atoms with Crippen LogP contribution in [0.25, 0.3) is 0 Å². The topological polar surface area (TPSA) is 66.4 Å². The van der Waals surface area contributed by atoms with Gasteiger partial charge in [-0.2, -0.15) is 0 Å². The van der Waals surface area contributed by atoms with Crippen molar-refractivity contribution in [3.8, 4) is 0 Å². The summed E-state index contributed by atoms with van der Waals surface area (Å²) in [6.07, 6.45) is 1.11. The first-order valence-corrected chi connectivity index (χ1v) is 2.73. The van der Waals surface area contributed by atoms with Gasteiger partial charge in [-0.25, -0.2) is 0 Å². The minimum Gasteiger partial charge on any atom is -0.387 e. The van der Waals surface area contributed by atoms with Crippen LogP contribution in [-0.2, 0) is 9.59 Å². The lowest BCUT2D eigenvalue weighted by Gasteiger charge is -1.96. The zero-order valence-corrected chi connectivity index (χ0v) is 5.46. The first-order chi connectivity index (χ1) is 4.70. The highest BCUT2D eigenvalue weighted by atomic mass is 16.3. The first kappa shape index (κ1) is 8.84. The van der Waals surface area contributed by atoms with Crippen molar-refractivity contribution in [2.24, 2.45) is 0 Å². The summed E-state index contributed by atoms with van der Waals surface area (Å²) in [5, 5.41) is 10.3. The minimum absolute atomic E-state index is 0.0944. The van der Waals surface area contributed by atoms with E-state index in [2.05, 4.69) is 11.9 Å². The van der Waals surface area contributed by atoms with Gasteiger partial charge in [0.1, 0.15) is 6.61 Å². The van der Waals surface area contributed by atoms with Gasteiger partial charge >= 0.3 is 0 Å². The Morgan fingerprint density at radius 1 is 1.60 bits per heavy atom. The Morgan fingerprint density at radius 3 is 2.60 bits per heavy atom. The number of aliphatic hydroxyl groups excluding tert-OH is 1. The molecule has 0 atom stereocenters. The lowest BCUT2D eigenvalue weighted by atomic mass is 10.4. The van der Waals surface area contributed by atoms with Gasteiger partial charge in [-0.3, -0.25) is 9.59 Å². The Balaban J connectivity index is 3.44. The molecule has 4 nitrogen and oxygen atoms in total. The maximum atomic E-state index is 10.4. The highest BCUT2D eigenvalue weighted by Gasteiger charge is 1.98. The molecule has 0 radical (unpaired) electrons. The van der Waals surface area contributed by atoms with Crippen LogP contribution in [-0.4, -0.2) is 29.9 Å². The molecule has 10 heavy (non-hydrogen) atoms. The summed E-state index contributed by atoms with van der Waals surface area (Å²) < 4.78 is 0. The van der Waals surface area contributed by atoms with E-state index in [4.69, 9.17) is 5.11 Å². The fourth-order valence-electron chi connectivity index (χ4n) is 0.314. The highest BCUT2D eigenvalue weighted by Crippen LogP contribution is 1.69. The van der Waals surface area contributed by atoms with Crippen LogP contribution in [0.3, 0.4) is 0 Å². The summed E-state index contributed by atoms with van der Waals surface area (Å²) in [6, 6.07) is 0. The molecule has 0 fully saturated rings. The lowest BCUT2D eigenvalue weighted by molar-refractivity contribution is -0.125. The molecule has 0 aromatic carbocycles. The van der Waals surface area contributed by atoms with E-state index < -0.39 is 12.5 Å². The molecular weight excluding hydrogens is 134 g/mol. The Labute approximate surface area is 58.5 Å². The number of nitrogens with one attached hydrogen (secondary N) is 1. The summed E-state index contributed by atoms with van der Waals surface area (Å²) in [6.45, 7) is 2.51. The zero-order chi connectivity index (χ0) is 7.98. The zero-order valence-electron chi connectivity index (χ0n) is 5.46. The molecule has 0 saturated heterocycles. The lowest BCUT2D eigenvalue weighted by Crippen LogP contribution is -2.30. The predicted octanol–water partition coefficient (Wildman–Crippen LogP) is -1.15. The molecule has 0 aliphatic carbocycles. The summed E-state index contributed by atoms with van der Waals surface area (Å²) in [5.41, 5.74) is 0. The molecule has 0 aromatic heterocycles. The van der Waals surface area contributed by atoms with E-state index in [1.807, 2.05) is 0 Å². The Hall–Kier alpha value is -1.16. The number of hydrogen-bond donors (Lipinski definition) is 2. The van der Waals surface area contributed by atoms with Crippen molar-refractivity contribution < 1.29 is 14.7 Å². The van der Waals surface area contributed by atoms with Crippen molar-refractivity contribution in [2.75, 3.05) is 13.2 Å². The Kier molecular flexibility index (Phi) is 4.15. The van der Waals surface area contributed by atoms with Crippen molar-refractivity contribution >= 4 is 11.7 Å². The number of rotatable bonds is 4. The van der Waals surface area contributed by atoms with Gasteiger partial charge in [0.05, 0.1) is 6.54 Å². The molecule has 0 aliphatic rings. The molecule has 0 rings (SSSR count). The Bertz CT molecular complexity index is 153. The van der Waals surface area contributed by atoms with Crippen LogP contribution >= 0.6 is 0 Å². The molecule has 0 bridgehead atoms. The molecule has 0 heterocycles. The third-order valence-electron chi connectivity index (χ3n) is 0.831. The molecule has 0 saturated carbocycles. The van der Waals surface area contributed by atoms with Gasteiger partial charge in [0.15, 0.2) is 5.78 Å². The molecule has 2 N–H and O–H groups in total. The van der Waals surface area contributed by atoms with Crippen molar-refractivity contribution in [1.82, 2.24) is 5.32 Å². The third-order valence-corrected chi connectivity index (χ3v) is 0.831. The molecule has 56 valence electrons. The van der Waals surface area contributed by atoms with Gasteiger partial charge < -0.3 is 10.4 Å². The predicted molar refractivity (Wildman–Crippen MR) is 35.3 cm³/mol. The van der Waals surface area contributed by atoms with Crippen molar-refractivity contribution in [1.29, 1.82) is 0 Å². The second kappa shape index (κ2) is 4.69. The van der Waals surface area contributed by atoms with Crippen molar-refractivity contribution in [3.63, 3.8) is 0 Å². The monoisotopic (exact) mass is 143 g/mol. The number of hydrogen-bond acceptors (Lipinski definition) is 3. The van der Waals surface area contributed by atoms with Crippen LogP contribution in [0, 0.1) is 0 Å². The third kappa shape index (κ3) is 3.80. The van der Waals surface area contributed by atoms with Gasteiger partial charge in [-0.1, -0.05) is 6.58 Å². The van der Waals surface area contributed by atoms with Crippen LogP contribution in [0.4, 0.5) is 0 Å². The van der Waals surface area contributed by atoms with E-state index in [0.717, 1.165) is 6.08 Å². The SMILES string of the molecule is C=CC(=O)CNC(=O)CO. The number of carbonyl (C=O) groups is 2. The van der Waals surface area contributed by atoms with Crippen molar-refractivity contribution in [2.45, 2.75) is 0 Å². The fraction of sp³-hybridized carbons (Fsp3) is 0.333. The number of aliphatic hydroxyl groups is 1. The maximum absolute atomic E-state index is 10.4. The second-order valence-electron chi connectivity index (χ2n) is 1.61. The second-order valence-corrected chi connectivity index (χ2v) is 1.61. The summed E-state index contributed by atoms with van der Waals surface area (Å²) in [7, 11) is 0. The van der Waals surface area contributed by atoms with E-state index in [-0.39, 0.29) is 12.3 Å². The molecule has 0 aromatic rings. The first-order valence-electron chi connectivity index (χ1n) is 2.73. The molecule has 0 unspecified atom stereocenters. The smallest absolute Gasteiger partial charge is 0.246 e. The average Bonchev–Trinajstić information content (AvgIpc) is 1.99. The van der Waals surface area contributed by atoms with Crippen LogP contribution in [0.2, 0.25) is 0 Å². The quantitative estimate of drug-likeness (QED) is 0.488. The number of ketones is 1. The maximum Gasteiger partial charge on any atom is 0.246 e. The van der Waals surface area contributed by atoms with Gasteiger partial charge in [-0.15, -0.1) is 0 Å². The highest BCUT2D eigenvalue weighted by molar-refractivity contribution is 5.93. The van der Waals surface area contributed by atoms with Gasteiger partial charge in [-0.05, 0) is 6.08 Å². The molecular formula is C6H9NO3. The van der Waals surface area contributed by atoms with E-state index >= 15 is 0 Å². The number of carbonyl (C=O) groups excluding carboxylic acids is 2. The van der Waals surface area contributed by atoms with Crippen LogP contribution in [0.5, 0.6) is 0 Å². The van der Waals surface area contributed by atoms with Crippen LogP contribution in [0.1, 0.15) is 0 Å². The van der Waals surface area contributed by atoms with Gasteiger partial charge in [0.25, 0.3) is 0 Å². The molecule has 0 spiro atoms. The standard InChI is InChI=1S/C6H9NO3/c1-2-5(9)3-7-6(10)4-8/h2,8H,1,3-4H2,(H,7,10). The molecule has 4 heteroatoms. The van der Waals surface area contributed by atoms with E-state index in [1.54, 1.807) is 0 Å². The minimum atomic E-state index is -0.593. The van der Waals surface area contributed by atoms with Crippen LogP contribution in [0.15, 0.2) is 12.7 Å². The molecule has 0 aliphatic heterocycles. The fourth-order valence-corrected chi connectivity index (χ4v) is 0.314. The summed E-state index contributed by atoms with van der Waals surface area (Å²) in [4.78, 5) is 20.7. The van der Waals surface area contributed by atoms with Crippen molar-refractivity contribution in [3.05, 3.63) is 12.7 Å². The summed E-state index contributed by atoms with van der Waals surface area (Å²) in [5.74, 6) is -0.836. The van der Waals surface area contributed by atoms with E-state index in [0.29, 0.717) is 0 Å². The van der Waals surface area contributed by atoms with E-state index in [9.17, 15) is 9.59 Å². The Morgan fingerprint density at radius 2 is 2.20 bits per heavy atom. The van der Waals surface area contributed by atoms with Gasteiger partial charge in [0.2, 0.25) is 5.91 Å². The molecule has 1 amide bonds. The summed E-state index contributed by atoms with van der Waals surface area (Å²) >= 11 is 0. The largest absolute Gasteiger partial charge is 0.387 e. The number of amides is 1. The average molecular weight is 143 g/mol.